The number of hydrogen-bond acceptors (Lipinski definition) is 5. The Morgan fingerprint density at radius 2 is 2.21 bits per heavy atom. The molecule has 2 atom stereocenters. The average molecular weight is 265 g/mol. The average Bonchev–Trinajstić information content (AvgIpc) is 2.82. The third-order valence-electron chi connectivity index (χ3n) is 3.10. The predicted molar refractivity (Wildman–Crippen MR) is 67.2 cm³/mol. The lowest BCUT2D eigenvalue weighted by molar-refractivity contribution is -0.385. The van der Waals surface area contributed by atoms with Crippen molar-refractivity contribution in [1.29, 1.82) is 0 Å². The van der Waals surface area contributed by atoms with Crippen LogP contribution in [0.3, 0.4) is 0 Å². The van der Waals surface area contributed by atoms with E-state index in [0.717, 1.165) is 0 Å². The lowest BCUT2D eigenvalue weighted by Crippen LogP contribution is -2.40. The number of nitrogens with zero attached hydrogens (tertiary/aromatic N) is 1. The molecule has 0 aliphatic carbocycles. The van der Waals surface area contributed by atoms with Gasteiger partial charge in [0.15, 0.2) is 0 Å². The fourth-order valence-electron chi connectivity index (χ4n) is 1.99. The summed E-state index contributed by atoms with van der Waals surface area (Å²) in [5, 5.41) is 13.5. The number of amides is 1. The molecule has 0 radical (unpaired) electrons. The Morgan fingerprint density at radius 1 is 1.47 bits per heavy atom. The molecule has 2 unspecified atom stereocenters. The lowest BCUT2D eigenvalue weighted by Gasteiger charge is -2.13. The molecule has 1 aliphatic rings. The number of ether oxygens (including phenoxy) is 1. The van der Waals surface area contributed by atoms with Crippen LogP contribution in [-0.2, 0) is 16.1 Å². The number of rotatable bonds is 4. The van der Waals surface area contributed by atoms with E-state index in [1.807, 2.05) is 0 Å². The van der Waals surface area contributed by atoms with E-state index >= 15 is 0 Å². The van der Waals surface area contributed by atoms with Gasteiger partial charge in [-0.15, -0.1) is 0 Å². The van der Waals surface area contributed by atoms with Crippen LogP contribution in [0, 0.1) is 16.0 Å². The van der Waals surface area contributed by atoms with Crippen molar-refractivity contribution in [2.75, 3.05) is 13.2 Å². The highest BCUT2D eigenvalue weighted by atomic mass is 16.6. The molecule has 1 aromatic rings. The van der Waals surface area contributed by atoms with Crippen LogP contribution in [0.1, 0.15) is 5.56 Å². The van der Waals surface area contributed by atoms with Gasteiger partial charge in [0.25, 0.3) is 5.69 Å². The molecular weight excluding hydrogens is 250 g/mol. The summed E-state index contributed by atoms with van der Waals surface area (Å²) in [4.78, 5) is 22.2. The summed E-state index contributed by atoms with van der Waals surface area (Å²) in [6, 6.07) is 5.99. The van der Waals surface area contributed by atoms with Gasteiger partial charge in [-0.3, -0.25) is 14.9 Å². The van der Waals surface area contributed by atoms with Crippen molar-refractivity contribution in [2.45, 2.75) is 12.6 Å². The van der Waals surface area contributed by atoms with Gasteiger partial charge in [0, 0.05) is 24.2 Å². The zero-order valence-electron chi connectivity index (χ0n) is 10.2. The molecular formula is C12H15N3O4. The maximum Gasteiger partial charge on any atom is 0.274 e. The first-order valence-electron chi connectivity index (χ1n) is 5.93. The number of carbonyl (C=O) groups excluding carboxylic acids is 1. The highest BCUT2D eigenvalue weighted by molar-refractivity contribution is 5.79. The van der Waals surface area contributed by atoms with E-state index in [-0.39, 0.29) is 30.1 Å². The monoisotopic (exact) mass is 265 g/mol. The minimum atomic E-state index is -0.466. The van der Waals surface area contributed by atoms with Gasteiger partial charge in [-0.25, -0.2) is 0 Å². The second-order valence-corrected chi connectivity index (χ2v) is 4.41. The molecule has 1 saturated heterocycles. The smallest absolute Gasteiger partial charge is 0.274 e. The van der Waals surface area contributed by atoms with Crippen molar-refractivity contribution in [3.8, 4) is 0 Å². The standard InChI is InChI=1S/C12H15N3O4/c13-10-7-19-6-9(10)12(16)14-5-8-3-1-2-4-11(8)15(17)18/h1-4,9-10H,5-7,13H2,(H,14,16). The summed E-state index contributed by atoms with van der Waals surface area (Å²) in [6.07, 6.45) is 0. The second-order valence-electron chi connectivity index (χ2n) is 4.41. The molecule has 1 aliphatic heterocycles. The number of benzene rings is 1. The summed E-state index contributed by atoms with van der Waals surface area (Å²) in [5.74, 6) is -0.620. The molecule has 1 fully saturated rings. The quantitative estimate of drug-likeness (QED) is 0.596. The van der Waals surface area contributed by atoms with E-state index in [0.29, 0.717) is 18.8 Å². The largest absolute Gasteiger partial charge is 0.379 e. The number of hydrogen-bond donors (Lipinski definition) is 2. The molecule has 0 saturated carbocycles. The van der Waals surface area contributed by atoms with Crippen LogP contribution in [-0.4, -0.2) is 30.1 Å². The number of para-hydroxylation sites is 1. The first-order chi connectivity index (χ1) is 9.09. The van der Waals surface area contributed by atoms with Gasteiger partial charge in [0.05, 0.1) is 24.1 Å². The Hall–Kier alpha value is -1.99. The molecule has 0 aromatic heterocycles. The maximum absolute atomic E-state index is 11.9. The van der Waals surface area contributed by atoms with Crippen molar-refractivity contribution in [2.24, 2.45) is 11.7 Å². The van der Waals surface area contributed by atoms with Crippen molar-refractivity contribution < 1.29 is 14.5 Å². The van der Waals surface area contributed by atoms with Crippen LogP contribution in [0.15, 0.2) is 24.3 Å². The van der Waals surface area contributed by atoms with Crippen LogP contribution in [0.25, 0.3) is 0 Å². The van der Waals surface area contributed by atoms with Gasteiger partial charge in [0.2, 0.25) is 5.91 Å². The van der Waals surface area contributed by atoms with E-state index < -0.39 is 4.92 Å². The Morgan fingerprint density at radius 3 is 2.84 bits per heavy atom. The molecule has 0 spiro atoms. The summed E-state index contributed by atoms with van der Waals surface area (Å²) in [5.41, 5.74) is 6.19. The van der Waals surface area contributed by atoms with E-state index in [2.05, 4.69) is 5.32 Å². The molecule has 2 rings (SSSR count). The van der Waals surface area contributed by atoms with Gasteiger partial charge in [-0.1, -0.05) is 18.2 Å². The molecule has 7 nitrogen and oxygen atoms in total. The van der Waals surface area contributed by atoms with Crippen molar-refractivity contribution in [1.82, 2.24) is 5.32 Å². The third-order valence-corrected chi connectivity index (χ3v) is 3.10. The normalized spacial score (nSPS) is 22.2. The molecule has 1 aromatic carbocycles. The summed E-state index contributed by atoms with van der Waals surface area (Å²) < 4.78 is 5.11. The molecule has 7 heteroatoms. The Kier molecular flexibility index (Phi) is 4.08. The van der Waals surface area contributed by atoms with Crippen molar-refractivity contribution >= 4 is 11.6 Å². The highest BCUT2D eigenvalue weighted by Crippen LogP contribution is 2.18. The maximum atomic E-state index is 11.9. The SMILES string of the molecule is NC1COCC1C(=O)NCc1ccccc1[N+](=O)[O-]. The number of carbonyl (C=O) groups is 1. The van der Waals surface area contributed by atoms with Crippen LogP contribution in [0.2, 0.25) is 0 Å². The Labute approximate surface area is 109 Å². The van der Waals surface area contributed by atoms with E-state index in [4.69, 9.17) is 10.5 Å². The topological polar surface area (TPSA) is 107 Å². The number of nitro benzene ring substituents is 1. The minimum absolute atomic E-state index is 0.00484. The van der Waals surface area contributed by atoms with Crippen LogP contribution in [0.4, 0.5) is 5.69 Å². The van der Waals surface area contributed by atoms with E-state index in [1.54, 1.807) is 18.2 Å². The van der Waals surface area contributed by atoms with E-state index in [1.165, 1.54) is 6.07 Å². The fraction of sp³-hybridized carbons (Fsp3) is 0.417. The van der Waals surface area contributed by atoms with Crippen LogP contribution >= 0.6 is 0 Å². The number of nitro groups is 1. The van der Waals surface area contributed by atoms with Gasteiger partial charge >= 0.3 is 0 Å². The molecule has 0 bridgehead atoms. The van der Waals surface area contributed by atoms with Crippen molar-refractivity contribution in [3.05, 3.63) is 39.9 Å². The zero-order valence-corrected chi connectivity index (χ0v) is 10.2. The van der Waals surface area contributed by atoms with Gasteiger partial charge in [-0.2, -0.15) is 0 Å². The molecule has 3 N–H and O–H groups in total. The molecule has 19 heavy (non-hydrogen) atoms. The van der Waals surface area contributed by atoms with Gasteiger partial charge < -0.3 is 15.8 Å². The summed E-state index contributed by atoms with van der Waals surface area (Å²) in [7, 11) is 0. The van der Waals surface area contributed by atoms with E-state index in [9.17, 15) is 14.9 Å². The van der Waals surface area contributed by atoms with Crippen LogP contribution in [0.5, 0.6) is 0 Å². The fourth-order valence-corrected chi connectivity index (χ4v) is 1.99. The zero-order chi connectivity index (χ0) is 13.8. The minimum Gasteiger partial charge on any atom is -0.379 e. The highest BCUT2D eigenvalue weighted by Gasteiger charge is 2.31. The first-order valence-corrected chi connectivity index (χ1v) is 5.93. The summed E-state index contributed by atoms with van der Waals surface area (Å²) in [6.45, 7) is 0.770. The summed E-state index contributed by atoms with van der Waals surface area (Å²) >= 11 is 0. The predicted octanol–water partition coefficient (Wildman–Crippen LogP) is 0.185. The Balaban J connectivity index is 1.99. The molecule has 1 heterocycles. The van der Waals surface area contributed by atoms with Gasteiger partial charge in [0.1, 0.15) is 0 Å². The van der Waals surface area contributed by atoms with Crippen molar-refractivity contribution in [3.63, 3.8) is 0 Å². The number of nitrogens with two attached hydrogens (primary N) is 1. The first kappa shape index (κ1) is 13.4. The Bertz CT molecular complexity index is 492. The molecule has 1 amide bonds. The van der Waals surface area contributed by atoms with Gasteiger partial charge in [-0.05, 0) is 0 Å². The third kappa shape index (κ3) is 3.07. The molecule has 102 valence electrons. The lowest BCUT2D eigenvalue weighted by atomic mass is 10.0. The number of nitrogens with one attached hydrogen (secondary N) is 1. The van der Waals surface area contributed by atoms with Crippen LogP contribution < -0.4 is 11.1 Å². The second kappa shape index (κ2) is 5.77.